The molecule has 0 unspecified atom stereocenters. The van der Waals surface area contributed by atoms with Crippen LogP contribution < -0.4 is 5.32 Å². The molecule has 2 fully saturated rings. The van der Waals surface area contributed by atoms with Gasteiger partial charge in [0.25, 0.3) is 0 Å². The molecule has 24 heavy (non-hydrogen) atoms. The molecule has 1 aromatic rings. The van der Waals surface area contributed by atoms with Crippen LogP contribution in [0.25, 0.3) is 0 Å². The predicted molar refractivity (Wildman–Crippen MR) is 94.8 cm³/mol. The number of carbonyl (C=O) groups excluding carboxylic acids is 1. The van der Waals surface area contributed by atoms with Crippen LogP contribution in [0.5, 0.6) is 0 Å². The summed E-state index contributed by atoms with van der Waals surface area (Å²) in [5.74, 6) is -0.0110. The SMILES string of the molecule is O=C(O)c1csc(SCCN2C(=O)CC[C@@H]2CNC2CCCC2)n1. The molecule has 1 saturated heterocycles. The number of hydrogen-bond acceptors (Lipinski definition) is 6. The summed E-state index contributed by atoms with van der Waals surface area (Å²) in [6.07, 6.45) is 6.71. The molecule has 0 radical (unpaired) electrons. The van der Waals surface area contributed by atoms with E-state index in [-0.39, 0.29) is 11.6 Å². The van der Waals surface area contributed by atoms with Gasteiger partial charge < -0.3 is 15.3 Å². The molecule has 8 heteroatoms. The Morgan fingerprint density at radius 2 is 2.21 bits per heavy atom. The van der Waals surface area contributed by atoms with E-state index < -0.39 is 5.97 Å². The highest BCUT2D eigenvalue weighted by atomic mass is 32.2. The lowest BCUT2D eigenvalue weighted by atomic mass is 10.2. The molecule has 1 atom stereocenters. The first kappa shape index (κ1) is 17.7. The summed E-state index contributed by atoms with van der Waals surface area (Å²) in [5, 5.41) is 14.1. The number of amides is 1. The molecule has 132 valence electrons. The minimum absolute atomic E-state index is 0.0957. The second kappa shape index (κ2) is 8.31. The number of nitrogens with one attached hydrogen (secondary N) is 1. The lowest BCUT2D eigenvalue weighted by Crippen LogP contribution is -2.43. The molecule has 2 N–H and O–H groups in total. The zero-order chi connectivity index (χ0) is 16.9. The van der Waals surface area contributed by atoms with E-state index in [0.717, 1.165) is 23.1 Å². The molecule has 2 heterocycles. The highest BCUT2D eigenvalue weighted by Gasteiger charge is 2.31. The maximum absolute atomic E-state index is 12.1. The van der Waals surface area contributed by atoms with Gasteiger partial charge in [0.15, 0.2) is 10.0 Å². The van der Waals surface area contributed by atoms with Crippen LogP contribution in [0.15, 0.2) is 9.72 Å². The first-order valence-electron chi connectivity index (χ1n) is 8.48. The van der Waals surface area contributed by atoms with Gasteiger partial charge >= 0.3 is 5.97 Å². The third kappa shape index (κ3) is 4.49. The number of carboxylic acid groups (broad SMARTS) is 1. The topological polar surface area (TPSA) is 82.5 Å². The van der Waals surface area contributed by atoms with E-state index in [2.05, 4.69) is 10.3 Å². The van der Waals surface area contributed by atoms with Crippen LogP contribution in [0, 0.1) is 0 Å². The molecule has 0 aromatic carbocycles. The summed E-state index contributed by atoms with van der Waals surface area (Å²) in [5.41, 5.74) is 0.0957. The van der Waals surface area contributed by atoms with E-state index >= 15 is 0 Å². The second-order valence-corrected chi connectivity index (χ2v) is 8.52. The number of likely N-dealkylation sites (tertiary alicyclic amines) is 1. The minimum Gasteiger partial charge on any atom is -0.476 e. The van der Waals surface area contributed by atoms with Crippen molar-refractivity contribution in [3.63, 3.8) is 0 Å². The Morgan fingerprint density at radius 1 is 1.42 bits per heavy atom. The molecule has 3 rings (SSSR count). The van der Waals surface area contributed by atoms with Crippen molar-refractivity contribution in [2.45, 2.75) is 54.9 Å². The molecule has 1 aliphatic carbocycles. The predicted octanol–water partition coefficient (Wildman–Crippen LogP) is 2.46. The normalized spacial score (nSPS) is 21.8. The molecular weight excluding hydrogens is 346 g/mol. The number of carboxylic acids is 1. The van der Waals surface area contributed by atoms with Gasteiger partial charge in [-0.15, -0.1) is 11.3 Å². The lowest BCUT2D eigenvalue weighted by Gasteiger charge is -2.26. The van der Waals surface area contributed by atoms with Crippen molar-refractivity contribution in [3.05, 3.63) is 11.1 Å². The molecule has 1 aliphatic heterocycles. The largest absolute Gasteiger partial charge is 0.476 e. The summed E-state index contributed by atoms with van der Waals surface area (Å²) in [7, 11) is 0. The highest BCUT2D eigenvalue weighted by molar-refractivity contribution is 8.01. The maximum Gasteiger partial charge on any atom is 0.355 e. The van der Waals surface area contributed by atoms with Gasteiger partial charge in [-0.05, 0) is 19.3 Å². The molecule has 1 amide bonds. The van der Waals surface area contributed by atoms with E-state index in [0.29, 0.717) is 25.0 Å². The van der Waals surface area contributed by atoms with E-state index in [1.165, 1.54) is 48.8 Å². The summed E-state index contributed by atoms with van der Waals surface area (Å²) in [6.45, 7) is 1.59. The van der Waals surface area contributed by atoms with Gasteiger partial charge in [-0.25, -0.2) is 9.78 Å². The van der Waals surface area contributed by atoms with Crippen molar-refractivity contribution in [1.82, 2.24) is 15.2 Å². The van der Waals surface area contributed by atoms with E-state index in [1.807, 2.05) is 4.90 Å². The number of nitrogens with zero attached hydrogens (tertiary/aromatic N) is 2. The fourth-order valence-corrected chi connectivity index (χ4v) is 5.21. The average molecular weight is 370 g/mol. The molecule has 0 bridgehead atoms. The number of thioether (sulfide) groups is 1. The monoisotopic (exact) mass is 369 g/mol. The zero-order valence-electron chi connectivity index (χ0n) is 13.6. The van der Waals surface area contributed by atoms with E-state index in [1.54, 1.807) is 5.38 Å². The van der Waals surface area contributed by atoms with Gasteiger partial charge in [0.1, 0.15) is 0 Å². The second-order valence-electron chi connectivity index (χ2n) is 6.32. The molecule has 1 saturated carbocycles. The van der Waals surface area contributed by atoms with Crippen LogP contribution >= 0.6 is 23.1 Å². The molecular formula is C16H23N3O3S2. The van der Waals surface area contributed by atoms with E-state index in [9.17, 15) is 9.59 Å². The Kier molecular flexibility index (Phi) is 6.13. The smallest absolute Gasteiger partial charge is 0.355 e. The fraction of sp³-hybridized carbons (Fsp3) is 0.688. The van der Waals surface area contributed by atoms with Crippen LogP contribution in [-0.4, -0.2) is 57.8 Å². The molecule has 1 aromatic heterocycles. The number of rotatable bonds is 8. The van der Waals surface area contributed by atoms with Crippen molar-refractivity contribution in [2.24, 2.45) is 0 Å². The standard InChI is InChI=1S/C16H23N3O3S2/c20-14-6-5-12(9-17-11-3-1-2-4-11)19(14)7-8-23-16-18-13(10-24-16)15(21)22/h10-12,17H,1-9H2,(H,21,22)/t12-/m1/s1. The van der Waals surface area contributed by atoms with E-state index in [4.69, 9.17) is 5.11 Å². The molecule has 0 spiro atoms. The Morgan fingerprint density at radius 3 is 2.92 bits per heavy atom. The number of carbonyl (C=O) groups is 2. The average Bonchev–Trinajstić information content (AvgIpc) is 3.28. The highest BCUT2D eigenvalue weighted by Crippen LogP contribution is 2.25. The Bertz CT molecular complexity index is 587. The third-order valence-corrected chi connectivity index (χ3v) is 6.71. The van der Waals surface area contributed by atoms with Crippen molar-refractivity contribution in [3.8, 4) is 0 Å². The quantitative estimate of drug-likeness (QED) is 0.685. The van der Waals surface area contributed by atoms with Crippen LogP contribution in [0.3, 0.4) is 0 Å². The van der Waals surface area contributed by atoms with Crippen LogP contribution in [0.4, 0.5) is 0 Å². The first-order chi connectivity index (χ1) is 11.6. The summed E-state index contributed by atoms with van der Waals surface area (Å²) in [6, 6.07) is 0.922. The van der Waals surface area contributed by atoms with Gasteiger partial charge in [0.05, 0.1) is 0 Å². The van der Waals surface area contributed by atoms with Crippen molar-refractivity contribution >= 4 is 35.0 Å². The lowest BCUT2D eigenvalue weighted by molar-refractivity contribution is -0.128. The number of aromatic carboxylic acids is 1. The Hall–Kier alpha value is -1.12. The first-order valence-corrected chi connectivity index (χ1v) is 10.3. The van der Waals surface area contributed by atoms with Gasteiger partial charge in [0, 0.05) is 42.7 Å². The fourth-order valence-electron chi connectivity index (χ4n) is 3.40. The number of aromatic nitrogens is 1. The zero-order valence-corrected chi connectivity index (χ0v) is 15.2. The van der Waals surface area contributed by atoms with Crippen LogP contribution in [0.2, 0.25) is 0 Å². The van der Waals surface area contributed by atoms with Gasteiger partial charge in [0.2, 0.25) is 5.91 Å². The van der Waals surface area contributed by atoms with Crippen LogP contribution in [0.1, 0.15) is 49.0 Å². The summed E-state index contributed by atoms with van der Waals surface area (Å²) >= 11 is 2.87. The van der Waals surface area contributed by atoms with Crippen molar-refractivity contribution in [2.75, 3.05) is 18.8 Å². The van der Waals surface area contributed by atoms with Crippen molar-refractivity contribution in [1.29, 1.82) is 0 Å². The molecule has 6 nitrogen and oxygen atoms in total. The minimum atomic E-state index is -0.995. The van der Waals surface area contributed by atoms with Crippen LogP contribution in [-0.2, 0) is 4.79 Å². The van der Waals surface area contributed by atoms with Gasteiger partial charge in [-0.1, -0.05) is 24.6 Å². The Labute approximate surface area is 150 Å². The Balaban J connectivity index is 1.44. The molecule has 2 aliphatic rings. The van der Waals surface area contributed by atoms with Crippen molar-refractivity contribution < 1.29 is 14.7 Å². The number of thiazole rings is 1. The third-order valence-electron chi connectivity index (χ3n) is 4.71. The van der Waals surface area contributed by atoms with Gasteiger partial charge in [-0.2, -0.15) is 0 Å². The maximum atomic E-state index is 12.1. The summed E-state index contributed by atoms with van der Waals surface area (Å²) < 4.78 is 0.750. The van der Waals surface area contributed by atoms with Gasteiger partial charge in [-0.3, -0.25) is 4.79 Å². The number of hydrogen-bond donors (Lipinski definition) is 2. The summed E-state index contributed by atoms with van der Waals surface area (Å²) in [4.78, 5) is 29.0.